The van der Waals surface area contributed by atoms with Gasteiger partial charge in [-0.15, -0.1) is 11.3 Å². The number of rotatable bonds is 8. The average Bonchev–Trinajstić information content (AvgIpc) is 3.38. The monoisotopic (exact) mass is 463 g/mol. The van der Waals surface area contributed by atoms with Crippen LogP contribution in [0.4, 0.5) is 0 Å². The first kappa shape index (κ1) is 23.1. The van der Waals surface area contributed by atoms with E-state index in [9.17, 15) is 4.79 Å². The van der Waals surface area contributed by atoms with Crippen LogP contribution in [0.25, 0.3) is 22.3 Å². The number of aryl methyl sites for hydroxylation is 2. The molecule has 33 heavy (non-hydrogen) atoms. The summed E-state index contributed by atoms with van der Waals surface area (Å²) in [5.41, 5.74) is 3.99. The van der Waals surface area contributed by atoms with E-state index in [-0.39, 0.29) is 11.9 Å². The van der Waals surface area contributed by atoms with Crippen LogP contribution in [0.2, 0.25) is 0 Å². The third kappa shape index (κ3) is 4.82. The minimum atomic E-state index is -0.0840. The molecule has 4 aromatic heterocycles. The van der Waals surface area contributed by atoms with Gasteiger partial charge in [-0.1, -0.05) is 6.07 Å². The number of methoxy groups -OCH3 is 1. The Kier molecular flexibility index (Phi) is 6.85. The molecule has 0 aliphatic carbocycles. The second-order valence-corrected chi connectivity index (χ2v) is 9.80. The fraction of sp³-hybridized carbons (Fsp3) is 0.360. The van der Waals surface area contributed by atoms with Crippen LogP contribution in [0.1, 0.15) is 45.7 Å². The lowest BCUT2D eigenvalue weighted by atomic mass is 10.1. The zero-order valence-electron chi connectivity index (χ0n) is 19.7. The third-order valence-corrected chi connectivity index (χ3v) is 6.50. The first-order chi connectivity index (χ1) is 15.9. The Hall–Kier alpha value is -3.10. The number of amides is 1. The van der Waals surface area contributed by atoms with Crippen LogP contribution in [0.15, 0.2) is 42.7 Å². The topological polar surface area (TPSA) is 73.1 Å². The minimum Gasteiger partial charge on any atom is -0.383 e. The molecule has 4 rings (SSSR count). The predicted molar refractivity (Wildman–Crippen MR) is 132 cm³/mol. The van der Waals surface area contributed by atoms with Crippen molar-refractivity contribution in [3.63, 3.8) is 0 Å². The van der Waals surface area contributed by atoms with Gasteiger partial charge < -0.3 is 9.64 Å². The summed E-state index contributed by atoms with van der Waals surface area (Å²) in [6.45, 7) is 9.60. The van der Waals surface area contributed by atoms with Crippen molar-refractivity contribution in [3.05, 3.63) is 63.7 Å². The van der Waals surface area contributed by atoms with Crippen molar-refractivity contribution in [3.8, 4) is 11.3 Å². The highest BCUT2D eigenvalue weighted by Crippen LogP contribution is 2.33. The summed E-state index contributed by atoms with van der Waals surface area (Å²) in [6.07, 6.45) is 3.49. The molecule has 1 amide bonds. The van der Waals surface area contributed by atoms with Crippen molar-refractivity contribution >= 4 is 28.3 Å². The Morgan fingerprint density at radius 1 is 1.24 bits per heavy atom. The standard InChI is InChI=1S/C25H29N5O2S/c1-16(2)30-24-22(14-27-30)21(13-23(28-24)20-12-17(3)33-18(20)4)25(31)29(10-11-32-5)15-19-8-6-7-9-26-19/h6-9,12-14,16H,10-11,15H2,1-5H3. The smallest absolute Gasteiger partial charge is 0.255 e. The van der Waals surface area contributed by atoms with E-state index >= 15 is 0 Å². The first-order valence-corrected chi connectivity index (χ1v) is 11.8. The van der Waals surface area contributed by atoms with Gasteiger partial charge in [-0.2, -0.15) is 5.10 Å². The SMILES string of the molecule is COCCN(Cc1ccccn1)C(=O)c1cc(-c2cc(C)sc2C)nc2c1cnn2C(C)C. The summed E-state index contributed by atoms with van der Waals surface area (Å²) >= 11 is 1.73. The average molecular weight is 464 g/mol. The van der Waals surface area contributed by atoms with Gasteiger partial charge in [0.25, 0.3) is 5.91 Å². The lowest BCUT2D eigenvalue weighted by Gasteiger charge is -2.23. The van der Waals surface area contributed by atoms with Gasteiger partial charge in [0.15, 0.2) is 5.65 Å². The minimum absolute atomic E-state index is 0.0840. The van der Waals surface area contributed by atoms with E-state index in [2.05, 4.69) is 43.8 Å². The molecule has 0 unspecified atom stereocenters. The summed E-state index contributed by atoms with van der Waals surface area (Å²) in [5, 5.41) is 5.31. The molecule has 0 atom stereocenters. The molecule has 0 aromatic carbocycles. The molecule has 4 heterocycles. The maximum atomic E-state index is 13.9. The van der Waals surface area contributed by atoms with Gasteiger partial charge in [-0.05, 0) is 52.0 Å². The van der Waals surface area contributed by atoms with E-state index in [0.29, 0.717) is 25.3 Å². The molecule has 8 heteroatoms. The Morgan fingerprint density at radius 3 is 2.70 bits per heavy atom. The maximum absolute atomic E-state index is 13.9. The van der Waals surface area contributed by atoms with Gasteiger partial charge in [0.1, 0.15) is 0 Å². The third-order valence-electron chi connectivity index (χ3n) is 5.53. The Labute approximate surface area is 198 Å². The number of hydrogen-bond acceptors (Lipinski definition) is 6. The van der Waals surface area contributed by atoms with Gasteiger partial charge in [0.2, 0.25) is 0 Å². The van der Waals surface area contributed by atoms with Crippen LogP contribution >= 0.6 is 11.3 Å². The van der Waals surface area contributed by atoms with Crippen LogP contribution in [0.5, 0.6) is 0 Å². The molecule has 0 N–H and O–H groups in total. The molecule has 7 nitrogen and oxygen atoms in total. The molecule has 0 bridgehead atoms. The van der Waals surface area contributed by atoms with Gasteiger partial charge in [0, 0.05) is 41.2 Å². The van der Waals surface area contributed by atoms with Crippen LogP contribution in [0, 0.1) is 13.8 Å². The van der Waals surface area contributed by atoms with Crippen LogP contribution in [0.3, 0.4) is 0 Å². The number of nitrogens with zero attached hydrogens (tertiary/aromatic N) is 5. The van der Waals surface area contributed by atoms with Crippen molar-refractivity contribution in [2.45, 2.75) is 40.3 Å². The molecule has 172 valence electrons. The largest absolute Gasteiger partial charge is 0.383 e. The summed E-state index contributed by atoms with van der Waals surface area (Å²) in [6, 6.07) is 9.89. The number of carbonyl (C=O) groups is 1. The Bertz CT molecular complexity index is 1260. The molecule has 0 spiro atoms. The second kappa shape index (κ2) is 9.80. The van der Waals surface area contributed by atoms with Crippen molar-refractivity contribution < 1.29 is 9.53 Å². The predicted octanol–water partition coefficient (Wildman–Crippen LogP) is 5.04. The number of fused-ring (bicyclic) bond motifs is 1. The van der Waals surface area contributed by atoms with Crippen LogP contribution in [-0.4, -0.2) is 50.8 Å². The molecule has 0 aliphatic rings. The summed E-state index contributed by atoms with van der Waals surface area (Å²) in [4.78, 5) is 27.4. The molecule has 4 aromatic rings. The van der Waals surface area contributed by atoms with Crippen LogP contribution in [-0.2, 0) is 11.3 Å². The molecule has 0 radical (unpaired) electrons. The van der Waals surface area contributed by atoms with Gasteiger partial charge in [-0.25, -0.2) is 9.67 Å². The molecule has 0 saturated heterocycles. The van der Waals surface area contributed by atoms with Crippen molar-refractivity contribution in [2.75, 3.05) is 20.3 Å². The lowest BCUT2D eigenvalue weighted by Crippen LogP contribution is -2.34. The highest BCUT2D eigenvalue weighted by molar-refractivity contribution is 7.12. The van der Waals surface area contributed by atoms with Gasteiger partial charge in [0.05, 0.1) is 41.7 Å². The second-order valence-electron chi connectivity index (χ2n) is 8.34. The van der Waals surface area contributed by atoms with Crippen molar-refractivity contribution in [1.82, 2.24) is 24.6 Å². The summed E-state index contributed by atoms with van der Waals surface area (Å²) in [5.74, 6) is -0.0840. The van der Waals surface area contributed by atoms with E-state index in [4.69, 9.17) is 9.72 Å². The summed E-state index contributed by atoms with van der Waals surface area (Å²) in [7, 11) is 1.64. The highest BCUT2D eigenvalue weighted by atomic mass is 32.1. The molecule has 0 saturated carbocycles. The van der Waals surface area contributed by atoms with E-state index in [1.807, 2.05) is 28.9 Å². The van der Waals surface area contributed by atoms with E-state index in [0.717, 1.165) is 28.0 Å². The fourth-order valence-corrected chi connectivity index (χ4v) is 4.84. The van der Waals surface area contributed by atoms with Crippen LogP contribution < -0.4 is 0 Å². The van der Waals surface area contributed by atoms with Gasteiger partial charge >= 0.3 is 0 Å². The number of carbonyl (C=O) groups excluding carboxylic acids is 1. The first-order valence-electron chi connectivity index (χ1n) is 11.0. The van der Waals surface area contributed by atoms with E-state index < -0.39 is 0 Å². The van der Waals surface area contributed by atoms with E-state index in [1.165, 1.54) is 9.75 Å². The number of hydrogen-bond donors (Lipinski definition) is 0. The van der Waals surface area contributed by atoms with E-state index in [1.54, 1.807) is 35.7 Å². The van der Waals surface area contributed by atoms with Crippen molar-refractivity contribution in [1.29, 1.82) is 0 Å². The maximum Gasteiger partial charge on any atom is 0.255 e. The highest BCUT2D eigenvalue weighted by Gasteiger charge is 2.24. The Balaban J connectivity index is 1.84. The lowest BCUT2D eigenvalue weighted by molar-refractivity contribution is 0.0680. The summed E-state index contributed by atoms with van der Waals surface area (Å²) < 4.78 is 7.17. The zero-order valence-corrected chi connectivity index (χ0v) is 20.5. The number of pyridine rings is 2. The normalized spacial score (nSPS) is 11.5. The zero-order chi connectivity index (χ0) is 23.5. The fourth-order valence-electron chi connectivity index (χ4n) is 3.91. The van der Waals surface area contributed by atoms with Crippen molar-refractivity contribution in [2.24, 2.45) is 0 Å². The van der Waals surface area contributed by atoms with Gasteiger partial charge in [-0.3, -0.25) is 9.78 Å². The molecular formula is C25H29N5O2S. The number of thiophene rings is 1. The Morgan fingerprint density at radius 2 is 2.06 bits per heavy atom. The molecular weight excluding hydrogens is 434 g/mol. The quantitative estimate of drug-likeness (QED) is 0.366. The number of ether oxygens (including phenoxy) is 1. The molecule has 0 aliphatic heterocycles. The molecule has 0 fully saturated rings. The number of aromatic nitrogens is 4.